The van der Waals surface area contributed by atoms with Crippen LogP contribution in [0.15, 0.2) is 42.6 Å². The lowest BCUT2D eigenvalue weighted by Crippen LogP contribution is -2.12. The summed E-state index contributed by atoms with van der Waals surface area (Å²) < 4.78 is 0. The normalized spacial score (nSPS) is 10.1. The Bertz CT molecular complexity index is 480. The van der Waals surface area contributed by atoms with Crippen molar-refractivity contribution in [3.05, 3.63) is 48.2 Å². The predicted octanol–water partition coefficient (Wildman–Crippen LogP) is 2.74. The second-order valence-corrected chi connectivity index (χ2v) is 3.81. The van der Waals surface area contributed by atoms with E-state index >= 15 is 0 Å². The van der Waals surface area contributed by atoms with Gasteiger partial charge in [0.2, 0.25) is 0 Å². The Balaban J connectivity index is 2.41. The molecule has 0 bridgehead atoms. The van der Waals surface area contributed by atoms with Gasteiger partial charge in [-0.2, -0.15) is 0 Å². The van der Waals surface area contributed by atoms with Gasteiger partial charge in [0.25, 0.3) is 0 Å². The minimum Gasteiger partial charge on any atom is -0.397 e. The van der Waals surface area contributed by atoms with Gasteiger partial charge in [-0.25, -0.2) is 4.98 Å². The zero-order valence-corrected chi connectivity index (χ0v) is 9.51. The van der Waals surface area contributed by atoms with Gasteiger partial charge in [0.15, 0.2) is 0 Å². The summed E-state index contributed by atoms with van der Waals surface area (Å²) in [4.78, 5) is 6.28. The molecule has 0 spiro atoms. The van der Waals surface area contributed by atoms with E-state index in [0.717, 1.165) is 17.2 Å². The number of rotatable bonds is 2. The Labute approximate surface area is 95.5 Å². The second-order valence-electron chi connectivity index (χ2n) is 3.81. The largest absolute Gasteiger partial charge is 0.397 e. The number of nitrogen functional groups attached to an aromatic ring is 1. The van der Waals surface area contributed by atoms with Crippen molar-refractivity contribution >= 4 is 17.2 Å². The fraction of sp³-hybridized carbons (Fsp3) is 0.154. The van der Waals surface area contributed by atoms with Gasteiger partial charge in [0, 0.05) is 13.2 Å². The molecule has 1 heterocycles. The summed E-state index contributed by atoms with van der Waals surface area (Å²) in [5.41, 5.74) is 8.89. The van der Waals surface area contributed by atoms with Crippen LogP contribution in [0, 0.1) is 6.92 Å². The zero-order chi connectivity index (χ0) is 11.5. The number of aryl methyl sites for hydroxylation is 1. The highest BCUT2D eigenvalue weighted by Gasteiger charge is 2.07. The van der Waals surface area contributed by atoms with E-state index in [0.29, 0.717) is 0 Å². The average molecular weight is 213 g/mol. The molecule has 0 saturated heterocycles. The van der Waals surface area contributed by atoms with Crippen LogP contribution in [0.5, 0.6) is 0 Å². The molecule has 1 aromatic heterocycles. The van der Waals surface area contributed by atoms with Crippen LogP contribution in [-0.2, 0) is 0 Å². The molecule has 0 unspecified atom stereocenters. The van der Waals surface area contributed by atoms with Crippen LogP contribution in [0.2, 0.25) is 0 Å². The molecule has 2 aromatic rings. The first-order valence-electron chi connectivity index (χ1n) is 5.19. The van der Waals surface area contributed by atoms with Crippen LogP contribution in [0.25, 0.3) is 0 Å². The van der Waals surface area contributed by atoms with Crippen LogP contribution in [0.1, 0.15) is 5.56 Å². The third-order valence-corrected chi connectivity index (χ3v) is 2.54. The highest BCUT2D eigenvalue weighted by Crippen LogP contribution is 2.28. The lowest BCUT2D eigenvalue weighted by Gasteiger charge is -2.20. The number of aromatic nitrogens is 1. The maximum Gasteiger partial charge on any atom is 0.132 e. The Kier molecular flexibility index (Phi) is 2.77. The maximum absolute atomic E-state index is 5.96. The molecule has 2 rings (SSSR count). The van der Waals surface area contributed by atoms with Gasteiger partial charge in [-0.3, -0.25) is 0 Å². The number of pyridine rings is 1. The SMILES string of the molecule is Cc1ccc(N)c(N(C)c2ccccn2)c1. The van der Waals surface area contributed by atoms with Gasteiger partial charge in [-0.15, -0.1) is 0 Å². The molecule has 3 heteroatoms. The number of hydrogen-bond acceptors (Lipinski definition) is 3. The number of benzene rings is 1. The van der Waals surface area contributed by atoms with Gasteiger partial charge >= 0.3 is 0 Å². The van der Waals surface area contributed by atoms with Gasteiger partial charge in [0.1, 0.15) is 5.82 Å². The summed E-state index contributed by atoms with van der Waals surface area (Å²) in [5.74, 6) is 0.889. The summed E-state index contributed by atoms with van der Waals surface area (Å²) in [6.07, 6.45) is 1.78. The monoisotopic (exact) mass is 213 g/mol. The highest BCUT2D eigenvalue weighted by atomic mass is 15.2. The molecule has 0 amide bonds. The highest BCUT2D eigenvalue weighted by molar-refractivity contribution is 5.73. The van der Waals surface area contributed by atoms with E-state index in [1.54, 1.807) is 6.20 Å². The van der Waals surface area contributed by atoms with Crippen molar-refractivity contribution in [2.75, 3.05) is 17.7 Å². The summed E-state index contributed by atoms with van der Waals surface area (Å²) >= 11 is 0. The lowest BCUT2D eigenvalue weighted by molar-refractivity contribution is 1.13. The Morgan fingerprint density at radius 1 is 1.19 bits per heavy atom. The first kappa shape index (κ1) is 10.5. The fourth-order valence-corrected chi connectivity index (χ4v) is 1.62. The second kappa shape index (κ2) is 4.23. The molecule has 1 aromatic carbocycles. The molecule has 3 nitrogen and oxygen atoms in total. The molecular formula is C13H15N3. The fourth-order valence-electron chi connectivity index (χ4n) is 1.62. The average Bonchev–Trinajstić information content (AvgIpc) is 2.32. The van der Waals surface area contributed by atoms with E-state index in [4.69, 9.17) is 5.73 Å². The molecule has 0 fully saturated rings. The first-order chi connectivity index (χ1) is 7.68. The van der Waals surface area contributed by atoms with E-state index in [9.17, 15) is 0 Å². The molecule has 0 aliphatic rings. The molecular weight excluding hydrogens is 198 g/mol. The van der Waals surface area contributed by atoms with Crippen LogP contribution in [0.3, 0.4) is 0 Å². The summed E-state index contributed by atoms with van der Waals surface area (Å²) in [5, 5.41) is 0. The molecule has 16 heavy (non-hydrogen) atoms. The van der Waals surface area contributed by atoms with Gasteiger partial charge in [-0.1, -0.05) is 12.1 Å². The minimum absolute atomic E-state index is 0.763. The standard InChI is InChI=1S/C13H15N3/c1-10-6-7-11(14)12(9-10)16(2)13-5-3-4-8-15-13/h3-9H,14H2,1-2H3. The molecule has 82 valence electrons. The summed E-state index contributed by atoms with van der Waals surface area (Å²) in [7, 11) is 1.97. The van der Waals surface area contributed by atoms with E-state index in [1.165, 1.54) is 5.56 Å². The van der Waals surface area contributed by atoms with Crippen LogP contribution in [0.4, 0.5) is 17.2 Å². The van der Waals surface area contributed by atoms with Crippen molar-refractivity contribution in [2.24, 2.45) is 0 Å². The van der Waals surface area contributed by atoms with Crippen molar-refractivity contribution in [3.8, 4) is 0 Å². The van der Waals surface area contributed by atoms with E-state index in [-0.39, 0.29) is 0 Å². The van der Waals surface area contributed by atoms with Crippen LogP contribution in [-0.4, -0.2) is 12.0 Å². The smallest absolute Gasteiger partial charge is 0.132 e. The third-order valence-electron chi connectivity index (χ3n) is 2.54. The summed E-state index contributed by atoms with van der Waals surface area (Å²) in [6.45, 7) is 2.05. The molecule has 0 aliphatic carbocycles. The first-order valence-corrected chi connectivity index (χ1v) is 5.19. The summed E-state index contributed by atoms with van der Waals surface area (Å²) in [6, 6.07) is 11.8. The topological polar surface area (TPSA) is 42.1 Å². The quantitative estimate of drug-likeness (QED) is 0.780. The van der Waals surface area contributed by atoms with Gasteiger partial charge in [0.05, 0.1) is 11.4 Å². The Morgan fingerprint density at radius 3 is 2.69 bits per heavy atom. The molecule has 2 N–H and O–H groups in total. The van der Waals surface area contributed by atoms with Gasteiger partial charge < -0.3 is 10.6 Å². The van der Waals surface area contributed by atoms with Crippen molar-refractivity contribution < 1.29 is 0 Å². The molecule has 0 atom stereocenters. The van der Waals surface area contributed by atoms with Crippen molar-refractivity contribution in [2.45, 2.75) is 6.92 Å². The van der Waals surface area contributed by atoms with Crippen LogP contribution >= 0.6 is 0 Å². The minimum atomic E-state index is 0.763. The van der Waals surface area contributed by atoms with Crippen molar-refractivity contribution in [3.63, 3.8) is 0 Å². The Morgan fingerprint density at radius 2 is 2.00 bits per heavy atom. The molecule has 0 radical (unpaired) electrons. The van der Waals surface area contributed by atoms with E-state index in [1.807, 2.05) is 42.3 Å². The molecule has 0 saturated carbocycles. The van der Waals surface area contributed by atoms with Crippen molar-refractivity contribution in [1.82, 2.24) is 4.98 Å². The number of anilines is 3. The maximum atomic E-state index is 5.96. The number of nitrogens with zero attached hydrogens (tertiary/aromatic N) is 2. The van der Waals surface area contributed by atoms with Crippen LogP contribution < -0.4 is 10.6 Å². The predicted molar refractivity (Wildman–Crippen MR) is 67.9 cm³/mol. The molecule has 0 aliphatic heterocycles. The number of hydrogen-bond donors (Lipinski definition) is 1. The van der Waals surface area contributed by atoms with E-state index in [2.05, 4.69) is 18.0 Å². The lowest BCUT2D eigenvalue weighted by atomic mass is 10.2. The van der Waals surface area contributed by atoms with Gasteiger partial charge in [-0.05, 0) is 36.8 Å². The van der Waals surface area contributed by atoms with Crippen molar-refractivity contribution in [1.29, 1.82) is 0 Å². The van der Waals surface area contributed by atoms with E-state index < -0.39 is 0 Å². The zero-order valence-electron chi connectivity index (χ0n) is 9.51. The number of nitrogens with two attached hydrogens (primary N) is 1. The Hall–Kier alpha value is -2.03. The third kappa shape index (κ3) is 1.98.